The molecule has 0 aliphatic carbocycles. The highest BCUT2D eigenvalue weighted by Gasteiger charge is 2.31. The maximum Gasteiger partial charge on any atom is 0.251 e. The number of amides is 4. The summed E-state index contributed by atoms with van der Waals surface area (Å²) in [6.45, 7) is 3.62. The monoisotopic (exact) mass is 851 g/mol. The van der Waals surface area contributed by atoms with Crippen LogP contribution in [0.25, 0.3) is 0 Å². The fourth-order valence-electron chi connectivity index (χ4n) is 6.93. The maximum absolute atomic E-state index is 14.3. The number of phenols is 3. The average Bonchev–Trinajstić information content (AvgIpc) is 3.27. The molecular weight excluding hydrogens is 787 g/mol. The van der Waals surface area contributed by atoms with Crippen LogP contribution in [0.3, 0.4) is 0 Å². The highest BCUT2D eigenvalue weighted by Crippen LogP contribution is 2.18. The first-order chi connectivity index (χ1) is 30.0. The van der Waals surface area contributed by atoms with E-state index in [1.54, 1.807) is 60.7 Å². The molecule has 334 valence electrons. The van der Waals surface area contributed by atoms with Crippen molar-refractivity contribution in [2.75, 3.05) is 19.7 Å². The molecule has 0 radical (unpaired) electrons. The summed E-state index contributed by atoms with van der Waals surface area (Å²) in [7, 11) is 0. The number of phenolic OH excluding ortho intramolecular Hbond substituents is 3. The Bertz CT molecular complexity index is 1940. The van der Waals surface area contributed by atoms with Gasteiger partial charge in [0, 0.05) is 31.4 Å². The van der Waals surface area contributed by atoms with Crippen molar-refractivity contribution in [1.82, 2.24) is 21.3 Å². The van der Waals surface area contributed by atoms with E-state index in [9.17, 15) is 34.5 Å². The van der Waals surface area contributed by atoms with Crippen LogP contribution in [0.2, 0.25) is 0 Å². The normalized spacial score (nSPS) is 12.4. The fraction of sp³-hybridized carbons (Fsp3) is 0.429. The van der Waals surface area contributed by atoms with Gasteiger partial charge < -0.3 is 47.1 Å². The SMILES string of the molecule is CCCCCCCCCCCOc1ccc(C(=O)N[C@@H](Cc2ccc(O)cc2)C(=O)N[C@@H](Cc2ccc(O)cc2)C(=O)N[C@@H](Cc2ccc(O)cc2)C(=O)NCCCCN)cc1. The van der Waals surface area contributed by atoms with Crippen LogP contribution in [0.1, 0.15) is 105 Å². The van der Waals surface area contributed by atoms with E-state index < -0.39 is 41.8 Å². The molecule has 9 N–H and O–H groups in total. The second kappa shape index (κ2) is 27.0. The molecule has 0 bridgehead atoms. The third-order valence-electron chi connectivity index (χ3n) is 10.6. The summed E-state index contributed by atoms with van der Waals surface area (Å²) >= 11 is 0. The Morgan fingerprint density at radius 1 is 0.516 bits per heavy atom. The minimum absolute atomic E-state index is 0.0116. The van der Waals surface area contributed by atoms with Crippen molar-refractivity contribution < 1.29 is 39.2 Å². The molecule has 13 heteroatoms. The molecule has 0 fully saturated rings. The van der Waals surface area contributed by atoms with Crippen molar-refractivity contribution in [3.63, 3.8) is 0 Å². The number of aromatic hydroxyl groups is 3. The standard InChI is InChI=1S/C49H65N5O8/c1-2-3-4-5-6-7-8-9-12-31-62-42-27-19-38(20-28-42)46(58)52-44(33-36-15-23-40(56)24-16-36)48(60)54-45(34-37-17-25-41(57)26-18-37)49(61)53-43(47(59)51-30-11-10-29-50)32-35-13-21-39(55)22-14-35/h13-28,43-45,55-57H,2-12,29-34,50H2,1H3,(H,51,59)(H,52,58)(H,53,61)(H,54,60)/t43-,44-,45-/m0/s1. The average molecular weight is 852 g/mol. The summed E-state index contributed by atoms with van der Waals surface area (Å²) in [5.41, 5.74) is 7.86. The molecule has 0 heterocycles. The Kier molecular flexibility index (Phi) is 21.1. The highest BCUT2D eigenvalue weighted by atomic mass is 16.5. The second-order valence-electron chi connectivity index (χ2n) is 15.7. The predicted molar refractivity (Wildman–Crippen MR) is 241 cm³/mol. The van der Waals surface area contributed by atoms with Gasteiger partial charge in [0.15, 0.2) is 0 Å². The molecule has 0 spiro atoms. The summed E-state index contributed by atoms with van der Waals surface area (Å²) in [5, 5.41) is 41.0. The number of hydrogen-bond donors (Lipinski definition) is 8. The lowest BCUT2D eigenvalue weighted by molar-refractivity contribution is -0.132. The highest BCUT2D eigenvalue weighted by molar-refractivity contribution is 5.99. The molecule has 4 rings (SSSR count). The Morgan fingerprint density at radius 3 is 1.39 bits per heavy atom. The van der Waals surface area contributed by atoms with Crippen LogP contribution >= 0.6 is 0 Å². The van der Waals surface area contributed by atoms with Crippen LogP contribution < -0.4 is 31.7 Å². The molecule has 0 saturated carbocycles. The second-order valence-corrected chi connectivity index (χ2v) is 15.7. The lowest BCUT2D eigenvalue weighted by Crippen LogP contribution is -2.58. The lowest BCUT2D eigenvalue weighted by atomic mass is 10.0. The molecular formula is C49H65N5O8. The Hall–Kier alpha value is -6.08. The summed E-state index contributed by atoms with van der Waals surface area (Å²) < 4.78 is 5.93. The molecule has 3 atom stereocenters. The maximum atomic E-state index is 14.3. The topological polar surface area (TPSA) is 212 Å². The van der Waals surface area contributed by atoms with Gasteiger partial charge in [-0.3, -0.25) is 19.2 Å². The van der Waals surface area contributed by atoms with Gasteiger partial charge in [-0.1, -0.05) is 94.7 Å². The summed E-state index contributed by atoms with van der Waals surface area (Å²) in [6, 6.07) is 22.0. The van der Waals surface area contributed by atoms with Crippen LogP contribution in [0.15, 0.2) is 97.1 Å². The van der Waals surface area contributed by atoms with Crippen LogP contribution in [0.4, 0.5) is 0 Å². The first-order valence-electron chi connectivity index (χ1n) is 22.0. The van der Waals surface area contributed by atoms with Crippen molar-refractivity contribution in [3.8, 4) is 23.0 Å². The zero-order valence-electron chi connectivity index (χ0n) is 36.0. The third-order valence-corrected chi connectivity index (χ3v) is 10.6. The number of benzene rings is 4. The Balaban J connectivity index is 1.48. The Labute approximate surface area is 365 Å². The molecule has 4 amide bonds. The largest absolute Gasteiger partial charge is 0.508 e. The number of carbonyl (C=O) groups excluding carboxylic acids is 4. The summed E-state index contributed by atoms with van der Waals surface area (Å²) in [6.07, 6.45) is 12.4. The van der Waals surface area contributed by atoms with Crippen molar-refractivity contribution in [2.45, 2.75) is 115 Å². The zero-order chi connectivity index (χ0) is 44.5. The van der Waals surface area contributed by atoms with E-state index in [1.165, 1.54) is 81.3 Å². The van der Waals surface area contributed by atoms with Gasteiger partial charge in [-0.25, -0.2) is 0 Å². The van der Waals surface area contributed by atoms with Gasteiger partial charge in [-0.15, -0.1) is 0 Å². The molecule has 4 aromatic rings. The number of ether oxygens (including phenoxy) is 1. The first-order valence-corrected chi connectivity index (χ1v) is 22.0. The van der Waals surface area contributed by atoms with Crippen LogP contribution in [0, 0.1) is 0 Å². The van der Waals surface area contributed by atoms with Crippen molar-refractivity contribution in [1.29, 1.82) is 0 Å². The van der Waals surface area contributed by atoms with E-state index >= 15 is 0 Å². The number of hydrogen-bond acceptors (Lipinski definition) is 9. The third kappa shape index (κ3) is 17.9. The zero-order valence-corrected chi connectivity index (χ0v) is 36.0. The van der Waals surface area contributed by atoms with Crippen LogP contribution in [-0.2, 0) is 33.6 Å². The van der Waals surface area contributed by atoms with E-state index in [1.807, 2.05) is 0 Å². The van der Waals surface area contributed by atoms with Crippen LogP contribution in [0.5, 0.6) is 23.0 Å². The van der Waals surface area contributed by atoms with Crippen molar-refractivity contribution in [3.05, 3.63) is 119 Å². The quantitative estimate of drug-likeness (QED) is 0.0298. The molecule has 0 aliphatic heterocycles. The van der Waals surface area contributed by atoms with E-state index in [-0.39, 0.29) is 36.5 Å². The predicted octanol–water partition coefficient (Wildman–Crippen LogP) is 6.36. The molecule has 0 saturated heterocycles. The molecule has 4 aromatic carbocycles. The fourth-order valence-corrected chi connectivity index (χ4v) is 6.93. The molecule has 0 aromatic heterocycles. The minimum atomic E-state index is -1.22. The van der Waals surface area contributed by atoms with E-state index in [0.29, 0.717) is 60.5 Å². The van der Waals surface area contributed by atoms with Crippen molar-refractivity contribution in [2.24, 2.45) is 5.73 Å². The van der Waals surface area contributed by atoms with Gasteiger partial charge in [-0.2, -0.15) is 0 Å². The first kappa shape index (κ1) is 48.6. The smallest absolute Gasteiger partial charge is 0.251 e. The molecule has 62 heavy (non-hydrogen) atoms. The van der Waals surface area contributed by atoms with E-state index in [4.69, 9.17) is 10.5 Å². The molecule has 13 nitrogen and oxygen atoms in total. The lowest BCUT2D eigenvalue weighted by Gasteiger charge is -2.26. The Morgan fingerprint density at radius 2 is 0.935 bits per heavy atom. The summed E-state index contributed by atoms with van der Waals surface area (Å²) in [4.78, 5) is 55.7. The number of rotatable bonds is 28. The number of nitrogens with two attached hydrogens (primary N) is 1. The van der Waals surface area contributed by atoms with Gasteiger partial charge in [0.1, 0.15) is 41.1 Å². The minimum Gasteiger partial charge on any atom is -0.508 e. The van der Waals surface area contributed by atoms with Gasteiger partial charge in [0.2, 0.25) is 17.7 Å². The van der Waals surface area contributed by atoms with E-state index in [0.717, 1.165) is 12.8 Å². The van der Waals surface area contributed by atoms with Gasteiger partial charge in [0.05, 0.1) is 6.61 Å². The van der Waals surface area contributed by atoms with Crippen molar-refractivity contribution >= 4 is 23.6 Å². The van der Waals surface area contributed by atoms with Gasteiger partial charge in [-0.05, 0) is 103 Å². The molecule has 0 unspecified atom stereocenters. The number of unbranched alkanes of at least 4 members (excludes halogenated alkanes) is 9. The summed E-state index contributed by atoms with van der Waals surface area (Å²) in [5.74, 6) is -1.52. The van der Waals surface area contributed by atoms with Gasteiger partial charge in [0.25, 0.3) is 5.91 Å². The molecule has 0 aliphatic rings. The number of carbonyl (C=O) groups is 4. The number of nitrogens with one attached hydrogen (secondary N) is 4. The van der Waals surface area contributed by atoms with Crippen LogP contribution in [-0.4, -0.2) is 76.8 Å². The van der Waals surface area contributed by atoms with E-state index in [2.05, 4.69) is 28.2 Å². The van der Waals surface area contributed by atoms with Gasteiger partial charge >= 0.3 is 0 Å².